The standard InChI is InChI=1S/C20H22N4O2S/c1-23-17-9-3-2-8-16(17)22-18(20(23)26)24-10-4-6-14(13-24)19(25)21-12-15-7-5-11-27-15/h2-3,5,7-9,11,14H,4,6,10,12-13H2,1H3,(H,21,25). The lowest BCUT2D eigenvalue weighted by atomic mass is 9.97. The van der Waals surface area contributed by atoms with Gasteiger partial charge in [0.2, 0.25) is 5.91 Å². The van der Waals surface area contributed by atoms with E-state index in [2.05, 4.69) is 10.3 Å². The maximum atomic E-state index is 12.8. The average Bonchev–Trinajstić information content (AvgIpc) is 3.22. The lowest BCUT2D eigenvalue weighted by Crippen LogP contribution is -2.45. The third-order valence-corrected chi connectivity index (χ3v) is 5.95. The summed E-state index contributed by atoms with van der Waals surface area (Å²) in [4.78, 5) is 33.1. The molecule has 1 atom stereocenters. The summed E-state index contributed by atoms with van der Waals surface area (Å²) in [5.41, 5.74) is 1.49. The second-order valence-electron chi connectivity index (χ2n) is 6.87. The highest BCUT2D eigenvalue weighted by atomic mass is 32.1. The van der Waals surface area contributed by atoms with Crippen LogP contribution in [0, 0.1) is 5.92 Å². The van der Waals surface area contributed by atoms with Gasteiger partial charge >= 0.3 is 0 Å². The van der Waals surface area contributed by atoms with E-state index in [0.717, 1.165) is 35.3 Å². The zero-order valence-electron chi connectivity index (χ0n) is 15.2. The molecule has 2 aromatic heterocycles. The van der Waals surface area contributed by atoms with Crippen LogP contribution in [-0.2, 0) is 18.4 Å². The number of para-hydroxylation sites is 2. The molecule has 7 heteroatoms. The minimum Gasteiger partial charge on any atom is -0.351 e. The summed E-state index contributed by atoms with van der Waals surface area (Å²) in [5.74, 6) is 0.356. The topological polar surface area (TPSA) is 67.2 Å². The van der Waals surface area contributed by atoms with E-state index in [-0.39, 0.29) is 17.4 Å². The number of hydrogen-bond donors (Lipinski definition) is 1. The number of hydrogen-bond acceptors (Lipinski definition) is 5. The van der Waals surface area contributed by atoms with Crippen LogP contribution < -0.4 is 15.8 Å². The molecule has 3 heterocycles. The van der Waals surface area contributed by atoms with Crippen LogP contribution in [0.25, 0.3) is 11.0 Å². The third-order valence-electron chi connectivity index (χ3n) is 5.07. The predicted molar refractivity (Wildman–Crippen MR) is 108 cm³/mol. The second-order valence-corrected chi connectivity index (χ2v) is 7.90. The largest absolute Gasteiger partial charge is 0.351 e. The Hall–Kier alpha value is -2.67. The first-order chi connectivity index (χ1) is 13.1. The van der Waals surface area contributed by atoms with Gasteiger partial charge in [0, 0.05) is 25.0 Å². The van der Waals surface area contributed by atoms with Crippen molar-refractivity contribution in [3.05, 3.63) is 57.0 Å². The van der Waals surface area contributed by atoms with Gasteiger partial charge in [0.1, 0.15) is 0 Å². The number of anilines is 1. The van der Waals surface area contributed by atoms with Crippen LogP contribution in [0.2, 0.25) is 0 Å². The molecule has 1 saturated heterocycles. The van der Waals surface area contributed by atoms with E-state index in [4.69, 9.17) is 0 Å². The zero-order chi connectivity index (χ0) is 18.8. The Bertz CT molecular complexity index is 1010. The van der Waals surface area contributed by atoms with E-state index in [1.165, 1.54) is 0 Å². The summed E-state index contributed by atoms with van der Waals surface area (Å²) in [6, 6.07) is 11.6. The van der Waals surface area contributed by atoms with Gasteiger partial charge in [-0.05, 0) is 36.4 Å². The first-order valence-corrected chi connectivity index (χ1v) is 10.0. The molecule has 140 valence electrons. The van der Waals surface area contributed by atoms with Gasteiger partial charge in [-0.25, -0.2) is 4.98 Å². The Balaban J connectivity index is 1.53. The van der Waals surface area contributed by atoms with Crippen LogP contribution in [0.4, 0.5) is 5.82 Å². The van der Waals surface area contributed by atoms with Crippen molar-refractivity contribution in [2.75, 3.05) is 18.0 Å². The fourth-order valence-electron chi connectivity index (χ4n) is 3.58. The smallest absolute Gasteiger partial charge is 0.293 e. The number of piperidine rings is 1. The Morgan fingerprint density at radius 2 is 2.15 bits per heavy atom. The van der Waals surface area contributed by atoms with E-state index in [0.29, 0.717) is 18.9 Å². The van der Waals surface area contributed by atoms with Gasteiger partial charge in [-0.15, -0.1) is 11.3 Å². The molecule has 27 heavy (non-hydrogen) atoms. The van der Waals surface area contributed by atoms with Crippen LogP contribution in [0.5, 0.6) is 0 Å². The van der Waals surface area contributed by atoms with E-state index in [1.807, 2.05) is 46.7 Å². The Labute approximate surface area is 161 Å². The molecule has 0 aliphatic carbocycles. The van der Waals surface area contributed by atoms with Gasteiger partial charge in [0.25, 0.3) is 5.56 Å². The molecule has 1 aliphatic rings. The summed E-state index contributed by atoms with van der Waals surface area (Å²) in [5, 5.41) is 5.03. The van der Waals surface area contributed by atoms with Crippen molar-refractivity contribution in [3.63, 3.8) is 0 Å². The number of rotatable bonds is 4. The van der Waals surface area contributed by atoms with E-state index in [1.54, 1.807) is 23.0 Å². The normalized spacial score (nSPS) is 17.2. The number of aromatic nitrogens is 2. The molecule has 3 aromatic rings. The van der Waals surface area contributed by atoms with E-state index < -0.39 is 0 Å². The van der Waals surface area contributed by atoms with Crippen molar-refractivity contribution in [2.45, 2.75) is 19.4 Å². The van der Waals surface area contributed by atoms with Crippen molar-refractivity contribution in [2.24, 2.45) is 13.0 Å². The number of carbonyl (C=O) groups is 1. The molecule has 0 saturated carbocycles. The van der Waals surface area contributed by atoms with Gasteiger partial charge in [-0.3, -0.25) is 9.59 Å². The molecule has 6 nitrogen and oxygen atoms in total. The number of benzene rings is 1. The van der Waals surface area contributed by atoms with Crippen LogP contribution in [0.1, 0.15) is 17.7 Å². The molecular weight excluding hydrogens is 360 g/mol. The minimum absolute atomic E-state index is 0.0470. The number of aryl methyl sites for hydroxylation is 1. The van der Waals surface area contributed by atoms with Gasteiger partial charge in [-0.2, -0.15) is 0 Å². The van der Waals surface area contributed by atoms with Crippen molar-refractivity contribution in [1.82, 2.24) is 14.9 Å². The lowest BCUT2D eigenvalue weighted by Gasteiger charge is -2.32. The molecule has 0 bridgehead atoms. The van der Waals surface area contributed by atoms with Crippen LogP contribution in [0.15, 0.2) is 46.6 Å². The van der Waals surface area contributed by atoms with Gasteiger partial charge in [0.05, 0.1) is 23.5 Å². The fourth-order valence-corrected chi connectivity index (χ4v) is 4.23. The Kier molecular flexibility index (Phi) is 4.94. The molecule has 1 N–H and O–H groups in total. The maximum Gasteiger partial charge on any atom is 0.293 e. The quantitative estimate of drug-likeness (QED) is 0.753. The lowest BCUT2D eigenvalue weighted by molar-refractivity contribution is -0.125. The number of carbonyl (C=O) groups excluding carboxylic acids is 1. The molecule has 1 aliphatic heterocycles. The predicted octanol–water partition coefficient (Wildman–Crippen LogP) is 2.53. The first kappa shape index (κ1) is 17.7. The number of amides is 1. The van der Waals surface area contributed by atoms with Crippen LogP contribution >= 0.6 is 11.3 Å². The number of nitrogens with zero attached hydrogens (tertiary/aromatic N) is 3. The van der Waals surface area contributed by atoms with Crippen molar-refractivity contribution in [1.29, 1.82) is 0 Å². The highest BCUT2D eigenvalue weighted by Crippen LogP contribution is 2.22. The number of nitrogens with one attached hydrogen (secondary N) is 1. The zero-order valence-corrected chi connectivity index (χ0v) is 16.0. The summed E-state index contributed by atoms with van der Waals surface area (Å²) < 4.78 is 1.64. The van der Waals surface area contributed by atoms with Crippen LogP contribution in [0.3, 0.4) is 0 Å². The van der Waals surface area contributed by atoms with Crippen molar-refractivity contribution in [3.8, 4) is 0 Å². The fraction of sp³-hybridized carbons (Fsp3) is 0.350. The highest BCUT2D eigenvalue weighted by molar-refractivity contribution is 7.09. The highest BCUT2D eigenvalue weighted by Gasteiger charge is 2.28. The van der Waals surface area contributed by atoms with Gasteiger partial charge < -0.3 is 14.8 Å². The third kappa shape index (κ3) is 3.60. The number of thiophene rings is 1. The molecule has 1 aromatic carbocycles. The van der Waals surface area contributed by atoms with Crippen LogP contribution in [-0.4, -0.2) is 28.5 Å². The van der Waals surface area contributed by atoms with Gasteiger partial charge in [0.15, 0.2) is 5.82 Å². The Morgan fingerprint density at radius 3 is 2.96 bits per heavy atom. The molecule has 1 fully saturated rings. The van der Waals surface area contributed by atoms with E-state index >= 15 is 0 Å². The summed E-state index contributed by atoms with van der Waals surface area (Å²) in [6.45, 7) is 1.83. The summed E-state index contributed by atoms with van der Waals surface area (Å²) >= 11 is 1.63. The molecule has 0 radical (unpaired) electrons. The molecular formula is C20H22N4O2S. The van der Waals surface area contributed by atoms with Crippen molar-refractivity contribution >= 4 is 34.1 Å². The first-order valence-electron chi connectivity index (χ1n) is 9.14. The summed E-state index contributed by atoms with van der Waals surface area (Å²) in [6.07, 6.45) is 1.70. The molecule has 4 rings (SSSR count). The minimum atomic E-state index is -0.128. The maximum absolute atomic E-state index is 12.8. The number of fused-ring (bicyclic) bond motifs is 1. The van der Waals surface area contributed by atoms with Crippen molar-refractivity contribution < 1.29 is 4.79 Å². The SMILES string of the molecule is Cn1c(=O)c(N2CCCC(C(=O)NCc3cccs3)C2)nc2ccccc21. The monoisotopic (exact) mass is 382 g/mol. The van der Waals surface area contributed by atoms with E-state index in [9.17, 15) is 9.59 Å². The average molecular weight is 382 g/mol. The molecule has 0 spiro atoms. The second kappa shape index (κ2) is 7.52. The van der Waals surface area contributed by atoms with Gasteiger partial charge in [-0.1, -0.05) is 18.2 Å². The summed E-state index contributed by atoms with van der Waals surface area (Å²) in [7, 11) is 1.77. The molecule has 1 unspecified atom stereocenters. The molecule has 1 amide bonds. The Morgan fingerprint density at radius 1 is 1.30 bits per heavy atom.